The summed E-state index contributed by atoms with van der Waals surface area (Å²) >= 11 is 2.73. The van der Waals surface area contributed by atoms with Crippen LogP contribution >= 0.6 is 23.1 Å². The zero-order chi connectivity index (χ0) is 17.1. The van der Waals surface area contributed by atoms with Gasteiger partial charge in [-0.25, -0.2) is 9.97 Å². The second kappa shape index (κ2) is 7.32. The van der Waals surface area contributed by atoms with E-state index in [2.05, 4.69) is 21.4 Å². The maximum Gasteiger partial charge on any atom is 0.236 e. The molecule has 0 bridgehead atoms. The molecule has 2 aromatic rings. The fourth-order valence-corrected chi connectivity index (χ4v) is 4.46. The SMILES string of the molecule is Cc1csc(NC(=O)CSc2nc(C)c3c(c2C#N)CCCC3)n1. The molecule has 1 aliphatic rings. The standard InChI is InChI=1S/C17H18N4OS2/c1-10-8-24-17(19-10)21-15(22)9-23-16-14(7-18)13-6-4-3-5-12(13)11(2)20-16/h8H,3-6,9H2,1-2H3,(H,19,21,22). The van der Waals surface area contributed by atoms with Crippen molar-refractivity contribution < 1.29 is 4.79 Å². The van der Waals surface area contributed by atoms with Gasteiger partial charge in [0, 0.05) is 11.1 Å². The van der Waals surface area contributed by atoms with Gasteiger partial charge in [0.1, 0.15) is 11.1 Å². The first-order valence-electron chi connectivity index (χ1n) is 7.85. The van der Waals surface area contributed by atoms with E-state index in [1.807, 2.05) is 19.2 Å². The molecule has 0 saturated heterocycles. The van der Waals surface area contributed by atoms with E-state index in [4.69, 9.17) is 0 Å². The molecule has 0 aliphatic heterocycles. The molecule has 3 rings (SSSR count). The van der Waals surface area contributed by atoms with E-state index in [0.717, 1.165) is 42.6 Å². The highest BCUT2D eigenvalue weighted by atomic mass is 32.2. The van der Waals surface area contributed by atoms with Crippen LogP contribution in [0, 0.1) is 25.2 Å². The quantitative estimate of drug-likeness (QED) is 0.844. The number of aromatic nitrogens is 2. The number of amides is 1. The summed E-state index contributed by atoms with van der Waals surface area (Å²) in [6.07, 6.45) is 4.19. The van der Waals surface area contributed by atoms with Crippen molar-refractivity contribution in [3.05, 3.63) is 33.5 Å². The minimum Gasteiger partial charge on any atom is -0.301 e. The molecule has 0 fully saturated rings. The summed E-state index contributed by atoms with van der Waals surface area (Å²) in [7, 11) is 0. The van der Waals surface area contributed by atoms with Crippen molar-refractivity contribution in [1.82, 2.24) is 9.97 Å². The molecule has 0 spiro atoms. The molecule has 0 unspecified atom stereocenters. The number of carbonyl (C=O) groups is 1. The van der Waals surface area contributed by atoms with Crippen LogP contribution in [0.5, 0.6) is 0 Å². The first kappa shape index (κ1) is 16.9. The topological polar surface area (TPSA) is 78.7 Å². The summed E-state index contributed by atoms with van der Waals surface area (Å²) in [5.74, 6) is 0.0915. The molecule has 1 amide bonds. The van der Waals surface area contributed by atoms with Crippen molar-refractivity contribution in [3.8, 4) is 6.07 Å². The number of thioether (sulfide) groups is 1. The Labute approximate surface area is 149 Å². The van der Waals surface area contributed by atoms with E-state index in [1.54, 1.807) is 0 Å². The van der Waals surface area contributed by atoms with Crippen molar-refractivity contribution in [1.29, 1.82) is 5.26 Å². The van der Waals surface area contributed by atoms with E-state index >= 15 is 0 Å². The third-order valence-corrected chi connectivity index (χ3v) is 5.86. The molecule has 0 aromatic carbocycles. The van der Waals surface area contributed by atoms with Crippen LogP contribution in [0.4, 0.5) is 5.13 Å². The third kappa shape index (κ3) is 3.60. The van der Waals surface area contributed by atoms with Crippen LogP contribution in [0.15, 0.2) is 10.4 Å². The van der Waals surface area contributed by atoms with Gasteiger partial charge in [0.05, 0.1) is 17.0 Å². The number of hydrogen-bond acceptors (Lipinski definition) is 6. The maximum atomic E-state index is 12.1. The summed E-state index contributed by atoms with van der Waals surface area (Å²) < 4.78 is 0. The van der Waals surface area contributed by atoms with Gasteiger partial charge in [-0.1, -0.05) is 11.8 Å². The number of rotatable bonds is 4. The second-order valence-corrected chi connectivity index (χ2v) is 7.61. The van der Waals surface area contributed by atoms with Crippen LogP contribution in [-0.2, 0) is 17.6 Å². The monoisotopic (exact) mass is 358 g/mol. The molecule has 0 saturated carbocycles. The number of nitrogens with one attached hydrogen (secondary N) is 1. The maximum absolute atomic E-state index is 12.1. The van der Waals surface area contributed by atoms with Crippen molar-refractivity contribution >= 4 is 34.1 Å². The molecule has 5 nitrogen and oxygen atoms in total. The van der Waals surface area contributed by atoms with Gasteiger partial charge in [0.2, 0.25) is 5.91 Å². The van der Waals surface area contributed by atoms with E-state index in [0.29, 0.717) is 15.7 Å². The fraction of sp³-hybridized carbons (Fsp3) is 0.412. The van der Waals surface area contributed by atoms with Gasteiger partial charge in [-0.05, 0) is 50.7 Å². The zero-order valence-electron chi connectivity index (χ0n) is 13.7. The molecule has 2 aromatic heterocycles. The normalized spacial score (nSPS) is 13.2. The Balaban J connectivity index is 1.74. The highest BCUT2D eigenvalue weighted by Crippen LogP contribution is 2.32. The summed E-state index contributed by atoms with van der Waals surface area (Å²) in [6.45, 7) is 3.88. The first-order chi connectivity index (χ1) is 11.6. The number of carbonyl (C=O) groups excluding carboxylic acids is 1. The van der Waals surface area contributed by atoms with Crippen molar-refractivity contribution in [2.75, 3.05) is 11.1 Å². The van der Waals surface area contributed by atoms with Crippen LogP contribution < -0.4 is 5.32 Å². The molecule has 0 atom stereocenters. The van der Waals surface area contributed by atoms with Gasteiger partial charge >= 0.3 is 0 Å². The lowest BCUT2D eigenvalue weighted by molar-refractivity contribution is -0.113. The van der Waals surface area contributed by atoms with E-state index < -0.39 is 0 Å². The highest BCUT2D eigenvalue weighted by Gasteiger charge is 2.21. The van der Waals surface area contributed by atoms with Gasteiger partial charge in [0.25, 0.3) is 0 Å². The Hall–Kier alpha value is -1.91. The lowest BCUT2D eigenvalue weighted by Crippen LogP contribution is -2.15. The summed E-state index contributed by atoms with van der Waals surface area (Å²) in [5, 5.41) is 15.5. The Morgan fingerprint density at radius 3 is 2.75 bits per heavy atom. The number of nitriles is 1. The average molecular weight is 358 g/mol. The predicted octanol–water partition coefficient (Wildman–Crippen LogP) is 3.64. The molecule has 24 heavy (non-hydrogen) atoms. The van der Waals surface area contributed by atoms with E-state index in [9.17, 15) is 10.1 Å². The molecule has 124 valence electrons. The number of anilines is 1. The Kier molecular flexibility index (Phi) is 5.17. The lowest BCUT2D eigenvalue weighted by Gasteiger charge is -2.20. The van der Waals surface area contributed by atoms with E-state index in [-0.39, 0.29) is 11.7 Å². The predicted molar refractivity (Wildman–Crippen MR) is 96.5 cm³/mol. The van der Waals surface area contributed by atoms with Crippen molar-refractivity contribution in [2.45, 2.75) is 44.6 Å². The number of fused-ring (bicyclic) bond motifs is 1. The highest BCUT2D eigenvalue weighted by molar-refractivity contribution is 8.00. The summed E-state index contributed by atoms with van der Waals surface area (Å²) in [6, 6.07) is 2.30. The number of hydrogen-bond donors (Lipinski definition) is 1. The van der Waals surface area contributed by atoms with Crippen molar-refractivity contribution in [3.63, 3.8) is 0 Å². The largest absolute Gasteiger partial charge is 0.301 e. The van der Waals surface area contributed by atoms with Crippen LogP contribution in [0.25, 0.3) is 0 Å². The Morgan fingerprint density at radius 1 is 1.33 bits per heavy atom. The van der Waals surface area contributed by atoms with Crippen LogP contribution in [0.1, 0.15) is 40.9 Å². The van der Waals surface area contributed by atoms with Gasteiger partial charge < -0.3 is 5.32 Å². The van der Waals surface area contributed by atoms with Crippen LogP contribution in [0.3, 0.4) is 0 Å². The van der Waals surface area contributed by atoms with E-state index in [1.165, 1.54) is 28.7 Å². The smallest absolute Gasteiger partial charge is 0.236 e. The molecular formula is C17H18N4OS2. The average Bonchev–Trinajstić information content (AvgIpc) is 2.98. The Morgan fingerprint density at radius 2 is 2.08 bits per heavy atom. The van der Waals surface area contributed by atoms with Crippen LogP contribution in [-0.4, -0.2) is 21.6 Å². The summed E-state index contributed by atoms with van der Waals surface area (Å²) in [5.41, 5.74) is 4.89. The molecular weight excluding hydrogens is 340 g/mol. The number of pyridine rings is 1. The number of thiazole rings is 1. The number of nitrogens with zero attached hydrogens (tertiary/aromatic N) is 3. The lowest BCUT2D eigenvalue weighted by atomic mass is 9.88. The molecule has 0 radical (unpaired) electrons. The van der Waals surface area contributed by atoms with Gasteiger partial charge in [0.15, 0.2) is 5.13 Å². The second-order valence-electron chi connectivity index (χ2n) is 5.78. The molecule has 7 heteroatoms. The molecule has 1 N–H and O–H groups in total. The first-order valence-corrected chi connectivity index (χ1v) is 9.72. The van der Waals surface area contributed by atoms with Crippen molar-refractivity contribution in [2.24, 2.45) is 0 Å². The minimum absolute atomic E-state index is 0.129. The molecule has 1 aliphatic carbocycles. The fourth-order valence-electron chi connectivity index (χ4n) is 2.91. The van der Waals surface area contributed by atoms with Crippen LogP contribution in [0.2, 0.25) is 0 Å². The summed E-state index contributed by atoms with van der Waals surface area (Å²) in [4.78, 5) is 20.9. The molecule has 2 heterocycles. The Bertz CT molecular complexity index is 823. The third-order valence-electron chi connectivity index (χ3n) is 4.01. The van der Waals surface area contributed by atoms with Gasteiger partial charge in [-0.2, -0.15) is 5.26 Å². The van der Waals surface area contributed by atoms with Gasteiger partial charge in [-0.3, -0.25) is 4.79 Å². The van der Waals surface area contributed by atoms with Gasteiger partial charge in [-0.15, -0.1) is 11.3 Å². The zero-order valence-corrected chi connectivity index (χ0v) is 15.3. The number of aryl methyl sites for hydroxylation is 2. The minimum atomic E-state index is -0.129.